The smallest absolute Gasteiger partial charge is 0.308 e. The van der Waals surface area contributed by atoms with Crippen LogP contribution in [0.4, 0.5) is 16.2 Å². The summed E-state index contributed by atoms with van der Waals surface area (Å²) >= 11 is 17.9. The fourth-order valence-electron chi connectivity index (χ4n) is 1.56. The molecule has 0 aliphatic rings. The maximum Gasteiger partial charge on any atom is 0.323 e. The van der Waals surface area contributed by atoms with Crippen molar-refractivity contribution in [3.05, 3.63) is 57.0 Å². The Hall–Kier alpha value is -1.42. The molecule has 2 aromatic carbocycles. The Bertz CT molecular complexity index is 639. The highest BCUT2D eigenvalue weighted by Crippen LogP contribution is 2.30. The minimum absolute atomic E-state index is 0.367. The van der Waals surface area contributed by atoms with E-state index in [1.807, 2.05) is 13.0 Å². The Labute approximate surface area is 131 Å². The molecule has 0 aromatic heterocycles. The average molecular weight is 330 g/mol. The first-order valence-electron chi connectivity index (χ1n) is 5.75. The van der Waals surface area contributed by atoms with Gasteiger partial charge in [0.25, 0.3) is 0 Å². The van der Waals surface area contributed by atoms with Crippen LogP contribution in [-0.2, 0) is 0 Å². The number of urea groups is 1. The van der Waals surface area contributed by atoms with Crippen molar-refractivity contribution in [1.29, 1.82) is 0 Å². The Morgan fingerprint density at radius 2 is 1.60 bits per heavy atom. The summed E-state index contributed by atoms with van der Waals surface area (Å²) < 4.78 is 0. The van der Waals surface area contributed by atoms with Crippen LogP contribution in [0.1, 0.15) is 5.56 Å². The minimum atomic E-state index is -0.445. The number of benzene rings is 2. The van der Waals surface area contributed by atoms with Crippen molar-refractivity contribution < 1.29 is 4.79 Å². The first-order valence-corrected chi connectivity index (χ1v) is 6.89. The highest BCUT2D eigenvalue weighted by Gasteiger charge is 2.10. The van der Waals surface area contributed by atoms with E-state index in [2.05, 4.69) is 10.6 Å². The lowest BCUT2D eigenvalue weighted by atomic mass is 10.2. The van der Waals surface area contributed by atoms with Gasteiger partial charge in [0, 0.05) is 10.7 Å². The Morgan fingerprint density at radius 1 is 0.950 bits per heavy atom. The second kappa shape index (κ2) is 6.35. The first-order chi connectivity index (χ1) is 9.47. The van der Waals surface area contributed by atoms with Crippen LogP contribution in [-0.4, -0.2) is 6.03 Å². The number of rotatable bonds is 2. The van der Waals surface area contributed by atoms with E-state index >= 15 is 0 Å². The van der Waals surface area contributed by atoms with Crippen molar-refractivity contribution in [2.45, 2.75) is 6.92 Å². The summed E-state index contributed by atoms with van der Waals surface area (Å²) in [5.74, 6) is 0. The Balaban J connectivity index is 2.11. The maximum absolute atomic E-state index is 11.9. The molecule has 2 aromatic rings. The summed E-state index contributed by atoms with van der Waals surface area (Å²) in [4.78, 5) is 11.9. The third-order valence-electron chi connectivity index (χ3n) is 2.63. The predicted octanol–water partition coefficient (Wildman–Crippen LogP) is 5.60. The molecular formula is C14H11Cl3N2O. The number of amides is 2. The van der Waals surface area contributed by atoms with E-state index < -0.39 is 6.03 Å². The molecule has 0 fully saturated rings. The SMILES string of the molecule is Cc1ccc(NC(=O)Nc2c(Cl)cccc2Cl)cc1Cl. The average Bonchev–Trinajstić information content (AvgIpc) is 2.38. The van der Waals surface area contributed by atoms with Gasteiger partial charge in [-0.05, 0) is 36.8 Å². The lowest BCUT2D eigenvalue weighted by molar-refractivity contribution is 0.262. The number of carbonyl (C=O) groups excluding carboxylic acids is 1. The molecule has 0 unspecified atom stereocenters. The van der Waals surface area contributed by atoms with Crippen molar-refractivity contribution in [1.82, 2.24) is 0 Å². The molecular weight excluding hydrogens is 319 g/mol. The van der Waals surface area contributed by atoms with Crippen LogP contribution in [0.3, 0.4) is 0 Å². The van der Waals surface area contributed by atoms with Gasteiger partial charge in [0.05, 0.1) is 15.7 Å². The van der Waals surface area contributed by atoms with Crippen LogP contribution >= 0.6 is 34.8 Å². The van der Waals surface area contributed by atoms with E-state index in [0.29, 0.717) is 26.4 Å². The van der Waals surface area contributed by atoms with Gasteiger partial charge < -0.3 is 10.6 Å². The molecule has 0 radical (unpaired) electrons. The van der Waals surface area contributed by atoms with Crippen LogP contribution in [0.5, 0.6) is 0 Å². The molecule has 20 heavy (non-hydrogen) atoms. The zero-order chi connectivity index (χ0) is 14.7. The van der Waals surface area contributed by atoms with Crippen molar-refractivity contribution in [2.75, 3.05) is 10.6 Å². The minimum Gasteiger partial charge on any atom is -0.308 e. The van der Waals surface area contributed by atoms with E-state index in [0.717, 1.165) is 5.56 Å². The summed E-state index contributed by atoms with van der Waals surface area (Å²) in [6, 6.07) is 9.80. The van der Waals surface area contributed by atoms with Gasteiger partial charge in [-0.25, -0.2) is 4.79 Å². The van der Waals surface area contributed by atoms with Crippen LogP contribution in [0.25, 0.3) is 0 Å². The number of halogens is 3. The predicted molar refractivity (Wildman–Crippen MR) is 85.3 cm³/mol. The van der Waals surface area contributed by atoms with Crippen LogP contribution in [0.15, 0.2) is 36.4 Å². The van der Waals surface area contributed by atoms with Crippen molar-refractivity contribution in [2.24, 2.45) is 0 Å². The van der Waals surface area contributed by atoms with E-state index in [9.17, 15) is 4.79 Å². The highest BCUT2D eigenvalue weighted by molar-refractivity contribution is 6.39. The number of carbonyl (C=O) groups is 1. The van der Waals surface area contributed by atoms with E-state index in [1.165, 1.54) is 0 Å². The Morgan fingerprint density at radius 3 is 2.20 bits per heavy atom. The Kier molecular flexibility index (Phi) is 4.76. The lowest BCUT2D eigenvalue weighted by Gasteiger charge is -2.11. The molecule has 2 amide bonds. The van der Waals surface area contributed by atoms with Gasteiger partial charge in [-0.1, -0.05) is 46.9 Å². The second-order valence-electron chi connectivity index (χ2n) is 4.14. The number of anilines is 2. The molecule has 6 heteroatoms. The number of hydrogen-bond acceptors (Lipinski definition) is 1. The van der Waals surface area contributed by atoms with Crippen LogP contribution in [0.2, 0.25) is 15.1 Å². The monoisotopic (exact) mass is 328 g/mol. The van der Waals surface area contributed by atoms with Gasteiger partial charge in [0.15, 0.2) is 0 Å². The van der Waals surface area contributed by atoms with Crippen LogP contribution < -0.4 is 10.6 Å². The number of para-hydroxylation sites is 1. The van der Waals surface area contributed by atoms with E-state index in [4.69, 9.17) is 34.8 Å². The molecule has 2 N–H and O–H groups in total. The molecule has 2 rings (SSSR count). The molecule has 0 heterocycles. The number of aryl methyl sites for hydroxylation is 1. The quantitative estimate of drug-likeness (QED) is 0.740. The summed E-state index contributed by atoms with van der Waals surface area (Å²) in [6.07, 6.45) is 0. The normalized spacial score (nSPS) is 10.2. The fourth-order valence-corrected chi connectivity index (χ4v) is 2.24. The fraction of sp³-hybridized carbons (Fsp3) is 0.0714. The van der Waals surface area contributed by atoms with Crippen molar-refractivity contribution >= 4 is 52.2 Å². The molecule has 0 saturated heterocycles. The molecule has 104 valence electrons. The standard InChI is InChI=1S/C14H11Cl3N2O/c1-8-5-6-9(7-12(8)17)18-14(20)19-13-10(15)3-2-4-11(13)16/h2-7H,1H3,(H2,18,19,20). The molecule has 0 spiro atoms. The van der Waals surface area contributed by atoms with Crippen molar-refractivity contribution in [3.8, 4) is 0 Å². The van der Waals surface area contributed by atoms with Gasteiger partial charge in [0.1, 0.15) is 0 Å². The molecule has 0 atom stereocenters. The third kappa shape index (κ3) is 3.57. The topological polar surface area (TPSA) is 41.1 Å². The number of nitrogens with one attached hydrogen (secondary N) is 2. The summed E-state index contributed by atoms with van der Waals surface area (Å²) in [7, 11) is 0. The molecule has 0 saturated carbocycles. The number of hydrogen-bond donors (Lipinski definition) is 2. The van der Waals surface area contributed by atoms with E-state index in [1.54, 1.807) is 30.3 Å². The van der Waals surface area contributed by atoms with Crippen molar-refractivity contribution in [3.63, 3.8) is 0 Å². The van der Waals surface area contributed by atoms with Gasteiger partial charge in [0.2, 0.25) is 0 Å². The molecule has 0 aliphatic carbocycles. The van der Waals surface area contributed by atoms with E-state index in [-0.39, 0.29) is 0 Å². The molecule has 3 nitrogen and oxygen atoms in total. The summed E-state index contributed by atoms with van der Waals surface area (Å²) in [5, 5.41) is 6.59. The summed E-state index contributed by atoms with van der Waals surface area (Å²) in [6.45, 7) is 1.88. The van der Waals surface area contributed by atoms with Gasteiger partial charge in [-0.3, -0.25) is 0 Å². The highest BCUT2D eigenvalue weighted by atomic mass is 35.5. The van der Waals surface area contributed by atoms with Gasteiger partial charge >= 0.3 is 6.03 Å². The molecule has 0 bridgehead atoms. The van der Waals surface area contributed by atoms with Gasteiger partial charge in [-0.15, -0.1) is 0 Å². The maximum atomic E-state index is 11.9. The first kappa shape index (κ1) is 15.0. The lowest BCUT2D eigenvalue weighted by Crippen LogP contribution is -2.19. The van der Waals surface area contributed by atoms with Crippen LogP contribution in [0, 0.1) is 6.92 Å². The second-order valence-corrected chi connectivity index (χ2v) is 5.36. The summed E-state index contributed by atoms with van der Waals surface area (Å²) in [5.41, 5.74) is 1.89. The zero-order valence-electron chi connectivity index (χ0n) is 10.5. The van der Waals surface area contributed by atoms with Gasteiger partial charge in [-0.2, -0.15) is 0 Å². The third-order valence-corrected chi connectivity index (χ3v) is 3.67. The largest absolute Gasteiger partial charge is 0.323 e. The molecule has 0 aliphatic heterocycles. The zero-order valence-corrected chi connectivity index (χ0v) is 12.8.